The second kappa shape index (κ2) is 8.72. The highest BCUT2D eigenvalue weighted by molar-refractivity contribution is 6.05. The number of ketones is 1. The van der Waals surface area contributed by atoms with E-state index in [2.05, 4.69) is 18.9 Å². The Labute approximate surface area is 177 Å². The fourth-order valence-corrected chi connectivity index (χ4v) is 4.34. The van der Waals surface area contributed by atoms with E-state index in [0.717, 1.165) is 62.0 Å². The maximum Gasteiger partial charge on any atom is 0.314 e. The summed E-state index contributed by atoms with van der Waals surface area (Å²) in [5.74, 6) is -0.782. The molecule has 0 saturated carbocycles. The first-order chi connectivity index (χ1) is 14.4. The summed E-state index contributed by atoms with van der Waals surface area (Å²) in [6.45, 7) is 5.39. The molecule has 6 nitrogen and oxygen atoms in total. The van der Waals surface area contributed by atoms with Crippen molar-refractivity contribution in [2.45, 2.75) is 71.6 Å². The van der Waals surface area contributed by atoms with Crippen LogP contribution in [0.2, 0.25) is 0 Å². The minimum atomic E-state index is -0.516. The predicted molar refractivity (Wildman–Crippen MR) is 112 cm³/mol. The van der Waals surface area contributed by atoms with Crippen LogP contribution in [0.3, 0.4) is 0 Å². The molecular formula is C24H30N2O4. The third kappa shape index (κ3) is 4.64. The van der Waals surface area contributed by atoms with Crippen LogP contribution >= 0.6 is 0 Å². The van der Waals surface area contributed by atoms with E-state index in [4.69, 9.17) is 9.47 Å². The van der Waals surface area contributed by atoms with E-state index >= 15 is 0 Å². The number of fused-ring (bicyclic) bond motifs is 1. The van der Waals surface area contributed by atoms with Gasteiger partial charge in [0.15, 0.2) is 5.78 Å². The van der Waals surface area contributed by atoms with Crippen LogP contribution in [0, 0.1) is 5.41 Å². The average Bonchev–Trinajstić information content (AvgIpc) is 3.11. The highest BCUT2D eigenvalue weighted by atomic mass is 16.5. The van der Waals surface area contributed by atoms with Crippen molar-refractivity contribution in [1.29, 1.82) is 0 Å². The number of hydrogen-bond acceptors (Lipinski definition) is 5. The van der Waals surface area contributed by atoms with Crippen LogP contribution in [0.15, 0.2) is 30.3 Å². The Hall–Kier alpha value is -2.47. The molecule has 1 unspecified atom stereocenters. The van der Waals surface area contributed by atoms with Gasteiger partial charge in [-0.3, -0.25) is 9.59 Å². The normalized spacial score (nSPS) is 20.4. The van der Waals surface area contributed by atoms with Crippen molar-refractivity contribution in [3.8, 4) is 0 Å². The Morgan fingerprint density at radius 1 is 1.23 bits per heavy atom. The van der Waals surface area contributed by atoms with E-state index in [0.29, 0.717) is 5.69 Å². The molecule has 2 heterocycles. The van der Waals surface area contributed by atoms with Gasteiger partial charge in [-0.1, -0.05) is 44.2 Å². The molecule has 2 aliphatic rings. The van der Waals surface area contributed by atoms with E-state index in [1.54, 1.807) is 0 Å². The van der Waals surface area contributed by atoms with Crippen LogP contribution in [0.5, 0.6) is 0 Å². The van der Waals surface area contributed by atoms with Gasteiger partial charge >= 0.3 is 5.97 Å². The number of benzene rings is 1. The first-order valence-corrected chi connectivity index (χ1v) is 10.9. The predicted octanol–water partition coefficient (Wildman–Crippen LogP) is 4.41. The smallest absolute Gasteiger partial charge is 0.314 e. The second-order valence-electron chi connectivity index (χ2n) is 9.13. The maximum absolute atomic E-state index is 13.0. The van der Waals surface area contributed by atoms with Gasteiger partial charge in [-0.25, -0.2) is 4.68 Å². The molecule has 0 N–H and O–H groups in total. The zero-order chi connectivity index (χ0) is 21.1. The van der Waals surface area contributed by atoms with Gasteiger partial charge in [0.1, 0.15) is 24.9 Å². The molecule has 1 aliphatic heterocycles. The molecule has 160 valence electrons. The minimum Gasteiger partial charge on any atom is -0.460 e. The minimum absolute atomic E-state index is 0.118. The third-order valence-corrected chi connectivity index (χ3v) is 6.06. The SMILES string of the molecule is CC1(C)CCc2c(C(=O)CC(=O)OCc3ccccc3)nn(C3CCCCO3)c2C1. The summed E-state index contributed by atoms with van der Waals surface area (Å²) in [5.41, 5.74) is 3.57. The van der Waals surface area contributed by atoms with Gasteiger partial charge in [-0.05, 0) is 49.5 Å². The Balaban J connectivity index is 1.50. The lowest BCUT2D eigenvalue weighted by molar-refractivity contribution is -0.143. The average molecular weight is 411 g/mol. The van der Waals surface area contributed by atoms with Crippen molar-refractivity contribution >= 4 is 11.8 Å². The van der Waals surface area contributed by atoms with Gasteiger partial charge in [0.05, 0.1) is 0 Å². The monoisotopic (exact) mass is 410 g/mol. The van der Waals surface area contributed by atoms with Crippen LogP contribution < -0.4 is 0 Å². The van der Waals surface area contributed by atoms with E-state index in [1.807, 2.05) is 35.0 Å². The number of esters is 1. The molecule has 4 rings (SSSR count). The van der Waals surface area contributed by atoms with Crippen molar-refractivity contribution in [3.05, 3.63) is 52.8 Å². The lowest BCUT2D eigenvalue weighted by Crippen LogP contribution is -2.27. The first-order valence-electron chi connectivity index (χ1n) is 10.9. The van der Waals surface area contributed by atoms with Gasteiger partial charge in [0.25, 0.3) is 0 Å². The summed E-state index contributed by atoms with van der Waals surface area (Å²) in [4.78, 5) is 25.3. The number of carbonyl (C=O) groups is 2. The summed E-state index contributed by atoms with van der Waals surface area (Å²) in [6.07, 6.45) is 5.31. The quantitative estimate of drug-likeness (QED) is 0.401. The molecule has 0 radical (unpaired) electrons. The number of carbonyl (C=O) groups excluding carboxylic acids is 2. The van der Waals surface area contributed by atoms with Crippen LogP contribution in [-0.2, 0) is 33.7 Å². The molecule has 0 spiro atoms. The lowest BCUT2D eigenvalue weighted by Gasteiger charge is -2.32. The number of Topliss-reactive ketones (excluding diaryl/α,β-unsaturated/α-hetero) is 1. The highest BCUT2D eigenvalue weighted by Gasteiger charge is 2.35. The Morgan fingerprint density at radius 3 is 2.77 bits per heavy atom. The van der Waals surface area contributed by atoms with E-state index in [1.165, 1.54) is 0 Å². The molecule has 30 heavy (non-hydrogen) atoms. The van der Waals surface area contributed by atoms with Crippen LogP contribution in [0.1, 0.15) is 79.5 Å². The summed E-state index contributed by atoms with van der Waals surface area (Å²) < 4.78 is 13.2. The van der Waals surface area contributed by atoms with Crippen molar-refractivity contribution in [2.24, 2.45) is 5.41 Å². The van der Waals surface area contributed by atoms with E-state index < -0.39 is 5.97 Å². The molecule has 2 aromatic rings. The number of aromatic nitrogens is 2. The zero-order valence-electron chi connectivity index (χ0n) is 17.9. The Bertz CT molecular complexity index is 911. The van der Waals surface area contributed by atoms with Crippen LogP contribution in [-0.4, -0.2) is 28.1 Å². The van der Waals surface area contributed by atoms with Crippen LogP contribution in [0.25, 0.3) is 0 Å². The number of nitrogens with zero attached hydrogens (tertiary/aromatic N) is 2. The van der Waals surface area contributed by atoms with Gasteiger partial charge in [0.2, 0.25) is 0 Å². The molecule has 1 aliphatic carbocycles. The molecule has 0 bridgehead atoms. The summed E-state index contributed by atoms with van der Waals surface area (Å²) >= 11 is 0. The number of hydrogen-bond donors (Lipinski definition) is 0. The van der Waals surface area contributed by atoms with E-state index in [9.17, 15) is 9.59 Å². The summed E-state index contributed by atoms with van der Waals surface area (Å²) in [5, 5.41) is 4.69. The summed E-state index contributed by atoms with van der Waals surface area (Å²) in [7, 11) is 0. The van der Waals surface area contributed by atoms with Crippen molar-refractivity contribution in [1.82, 2.24) is 9.78 Å². The molecule has 1 fully saturated rings. The molecular weight excluding hydrogens is 380 g/mol. The number of rotatable bonds is 6. The largest absolute Gasteiger partial charge is 0.460 e. The summed E-state index contributed by atoms with van der Waals surface area (Å²) in [6, 6.07) is 9.47. The van der Waals surface area contributed by atoms with Crippen molar-refractivity contribution < 1.29 is 19.1 Å². The first kappa shape index (κ1) is 20.8. The Kier molecular flexibility index (Phi) is 6.04. The van der Waals surface area contributed by atoms with Gasteiger partial charge in [-0.2, -0.15) is 5.10 Å². The third-order valence-electron chi connectivity index (χ3n) is 6.06. The van der Waals surface area contributed by atoms with Gasteiger partial charge in [0, 0.05) is 17.9 Å². The molecule has 0 amide bonds. The topological polar surface area (TPSA) is 70.4 Å². The molecule has 6 heteroatoms. The lowest BCUT2D eigenvalue weighted by atomic mass is 9.76. The maximum atomic E-state index is 13.0. The zero-order valence-corrected chi connectivity index (χ0v) is 17.9. The van der Waals surface area contributed by atoms with E-state index in [-0.39, 0.29) is 30.5 Å². The molecule has 1 saturated heterocycles. The van der Waals surface area contributed by atoms with Gasteiger partial charge in [-0.15, -0.1) is 0 Å². The van der Waals surface area contributed by atoms with Crippen LogP contribution in [0.4, 0.5) is 0 Å². The fraction of sp³-hybridized carbons (Fsp3) is 0.542. The Morgan fingerprint density at radius 2 is 2.03 bits per heavy atom. The van der Waals surface area contributed by atoms with Gasteiger partial charge < -0.3 is 9.47 Å². The molecule has 1 aromatic heterocycles. The number of ether oxygens (including phenoxy) is 2. The second-order valence-corrected chi connectivity index (χ2v) is 9.13. The molecule has 1 aromatic carbocycles. The van der Waals surface area contributed by atoms with Crippen molar-refractivity contribution in [2.75, 3.05) is 6.61 Å². The fourth-order valence-electron chi connectivity index (χ4n) is 4.34. The highest BCUT2D eigenvalue weighted by Crippen LogP contribution is 2.38. The molecule has 1 atom stereocenters. The van der Waals surface area contributed by atoms with Crippen molar-refractivity contribution in [3.63, 3.8) is 0 Å². The standard InChI is InChI=1S/C24H30N2O4/c1-24(2)12-11-18-19(15-24)26(21-10-6-7-13-29-21)25-23(18)20(27)14-22(28)30-16-17-8-4-3-5-9-17/h3-5,8-9,21H,6-7,10-16H2,1-2H3.